The lowest BCUT2D eigenvalue weighted by molar-refractivity contribution is 0.00549. The predicted molar refractivity (Wildman–Crippen MR) is 88.1 cm³/mol. The summed E-state index contributed by atoms with van der Waals surface area (Å²) in [6.07, 6.45) is 7.87. The van der Waals surface area contributed by atoms with Gasteiger partial charge in [0.2, 0.25) is 0 Å². The monoisotopic (exact) mass is 283 g/mol. The average Bonchev–Trinajstić information content (AvgIpc) is 2.43. The summed E-state index contributed by atoms with van der Waals surface area (Å²) in [5.41, 5.74) is 0.0279. The Morgan fingerprint density at radius 3 is 2.50 bits per heavy atom. The highest BCUT2D eigenvalue weighted by Crippen LogP contribution is 2.37. The fourth-order valence-electron chi connectivity index (χ4n) is 3.46. The first-order valence-corrected chi connectivity index (χ1v) is 8.68. The zero-order valence-corrected chi connectivity index (χ0v) is 14.7. The van der Waals surface area contributed by atoms with Gasteiger partial charge in [-0.05, 0) is 76.7 Å². The van der Waals surface area contributed by atoms with E-state index in [2.05, 4.69) is 39.9 Å². The average molecular weight is 283 g/mol. The van der Waals surface area contributed by atoms with E-state index < -0.39 is 0 Å². The molecule has 120 valence electrons. The Hall–Kier alpha value is -0.0800. The minimum Gasteiger partial charge on any atom is -0.379 e. The first-order valence-electron chi connectivity index (χ1n) is 8.68. The molecule has 0 saturated heterocycles. The van der Waals surface area contributed by atoms with Crippen LogP contribution in [-0.2, 0) is 4.74 Å². The molecule has 1 fully saturated rings. The van der Waals surface area contributed by atoms with Crippen LogP contribution >= 0.6 is 0 Å². The van der Waals surface area contributed by atoms with Crippen LogP contribution in [-0.4, -0.2) is 25.3 Å². The van der Waals surface area contributed by atoms with E-state index >= 15 is 0 Å². The second kappa shape index (κ2) is 8.38. The van der Waals surface area contributed by atoms with Crippen LogP contribution in [0.3, 0.4) is 0 Å². The molecule has 0 aromatic heterocycles. The second-order valence-electron chi connectivity index (χ2n) is 7.64. The molecule has 1 aliphatic rings. The van der Waals surface area contributed by atoms with E-state index in [0.29, 0.717) is 0 Å². The largest absolute Gasteiger partial charge is 0.379 e. The minimum absolute atomic E-state index is 0.0279. The van der Waals surface area contributed by atoms with Gasteiger partial charge in [0.15, 0.2) is 0 Å². The number of ether oxygens (including phenoxy) is 1. The molecule has 1 rings (SSSR count). The SMILES string of the molecule is CCCNC1CCC(C(C)C)CC1CCC(C)(C)OC. The van der Waals surface area contributed by atoms with Gasteiger partial charge in [-0.1, -0.05) is 20.8 Å². The number of rotatable bonds is 8. The topological polar surface area (TPSA) is 21.3 Å². The van der Waals surface area contributed by atoms with E-state index in [-0.39, 0.29) is 5.60 Å². The van der Waals surface area contributed by atoms with Gasteiger partial charge in [0.1, 0.15) is 0 Å². The molecule has 3 atom stereocenters. The lowest BCUT2D eigenvalue weighted by Gasteiger charge is -2.39. The van der Waals surface area contributed by atoms with Crippen molar-refractivity contribution in [3.8, 4) is 0 Å². The molecule has 2 heteroatoms. The summed E-state index contributed by atoms with van der Waals surface area (Å²) in [5.74, 6) is 2.59. The smallest absolute Gasteiger partial charge is 0.0622 e. The van der Waals surface area contributed by atoms with Gasteiger partial charge in [-0.15, -0.1) is 0 Å². The third kappa shape index (κ3) is 5.73. The van der Waals surface area contributed by atoms with Crippen molar-refractivity contribution >= 4 is 0 Å². The number of hydrogen-bond donors (Lipinski definition) is 1. The van der Waals surface area contributed by atoms with Crippen LogP contribution in [0.15, 0.2) is 0 Å². The first-order chi connectivity index (χ1) is 9.39. The van der Waals surface area contributed by atoms with E-state index in [1.807, 2.05) is 7.11 Å². The zero-order chi connectivity index (χ0) is 15.2. The highest BCUT2D eigenvalue weighted by Gasteiger charge is 2.32. The van der Waals surface area contributed by atoms with Crippen molar-refractivity contribution in [1.82, 2.24) is 5.32 Å². The summed E-state index contributed by atoms with van der Waals surface area (Å²) in [6.45, 7) is 12.6. The Labute approximate surface area is 127 Å². The van der Waals surface area contributed by atoms with Crippen LogP contribution in [0.1, 0.15) is 73.1 Å². The Morgan fingerprint density at radius 1 is 1.25 bits per heavy atom. The minimum atomic E-state index is 0.0279. The lowest BCUT2D eigenvalue weighted by Crippen LogP contribution is -2.42. The summed E-state index contributed by atoms with van der Waals surface area (Å²) >= 11 is 0. The van der Waals surface area contributed by atoms with Gasteiger partial charge < -0.3 is 10.1 Å². The number of nitrogens with one attached hydrogen (secondary N) is 1. The molecular weight excluding hydrogens is 246 g/mol. The maximum atomic E-state index is 5.60. The van der Waals surface area contributed by atoms with E-state index in [1.165, 1.54) is 45.1 Å². The third-order valence-electron chi connectivity index (χ3n) is 5.29. The zero-order valence-electron chi connectivity index (χ0n) is 14.7. The first kappa shape index (κ1) is 18.0. The van der Waals surface area contributed by atoms with Gasteiger partial charge in [0, 0.05) is 13.2 Å². The Balaban J connectivity index is 2.56. The molecular formula is C18H37NO. The van der Waals surface area contributed by atoms with Crippen molar-refractivity contribution < 1.29 is 4.74 Å². The van der Waals surface area contributed by atoms with Gasteiger partial charge >= 0.3 is 0 Å². The molecule has 1 saturated carbocycles. The van der Waals surface area contributed by atoms with Crippen molar-refractivity contribution in [2.45, 2.75) is 84.8 Å². The summed E-state index contributed by atoms with van der Waals surface area (Å²) in [4.78, 5) is 0. The maximum absolute atomic E-state index is 5.60. The third-order valence-corrected chi connectivity index (χ3v) is 5.29. The second-order valence-corrected chi connectivity index (χ2v) is 7.64. The summed E-state index contributed by atoms with van der Waals surface area (Å²) in [6, 6.07) is 0.734. The quantitative estimate of drug-likeness (QED) is 0.701. The van der Waals surface area contributed by atoms with E-state index in [0.717, 1.165) is 23.8 Å². The van der Waals surface area contributed by atoms with E-state index in [9.17, 15) is 0 Å². The lowest BCUT2D eigenvalue weighted by atomic mass is 9.71. The molecule has 2 nitrogen and oxygen atoms in total. The molecule has 1 N–H and O–H groups in total. The van der Waals surface area contributed by atoms with Crippen molar-refractivity contribution in [3.63, 3.8) is 0 Å². The fraction of sp³-hybridized carbons (Fsp3) is 1.00. The highest BCUT2D eigenvalue weighted by molar-refractivity contribution is 4.87. The molecule has 3 unspecified atom stereocenters. The molecule has 0 radical (unpaired) electrons. The van der Waals surface area contributed by atoms with Crippen molar-refractivity contribution in [2.75, 3.05) is 13.7 Å². The van der Waals surface area contributed by atoms with Gasteiger partial charge in [-0.25, -0.2) is 0 Å². The van der Waals surface area contributed by atoms with Crippen LogP contribution in [0, 0.1) is 17.8 Å². The molecule has 0 aromatic carbocycles. The fourth-order valence-corrected chi connectivity index (χ4v) is 3.46. The molecule has 0 bridgehead atoms. The van der Waals surface area contributed by atoms with Crippen LogP contribution < -0.4 is 5.32 Å². The summed E-state index contributed by atoms with van der Waals surface area (Å²) in [7, 11) is 1.84. The van der Waals surface area contributed by atoms with Crippen LogP contribution in [0.4, 0.5) is 0 Å². The van der Waals surface area contributed by atoms with Crippen LogP contribution in [0.25, 0.3) is 0 Å². The van der Waals surface area contributed by atoms with E-state index in [1.54, 1.807) is 0 Å². The molecule has 0 heterocycles. The molecule has 1 aliphatic carbocycles. The van der Waals surface area contributed by atoms with Gasteiger partial charge in [-0.3, -0.25) is 0 Å². The van der Waals surface area contributed by atoms with Gasteiger partial charge in [0.25, 0.3) is 0 Å². The maximum Gasteiger partial charge on any atom is 0.0622 e. The molecule has 20 heavy (non-hydrogen) atoms. The molecule has 0 amide bonds. The Kier molecular flexibility index (Phi) is 7.53. The predicted octanol–water partition coefficient (Wildman–Crippen LogP) is 4.63. The summed E-state index contributed by atoms with van der Waals surface area (Å²) < 4.78 is 5.60. The van der Waals surface area contributed by atoms with Gasteiger partial charge in [0.05, 0.1) is 5.60 Å². The Bertz CT molecular complexity index is 262. The highest BCUT2D eigenvalue weighted by atomic mass is 16.5. The molecule has 0 spiro atoms. The van der Waals surface area contributed by atoms with Crippen molar-refractivity contribution in [1.29, 1.82) is 0 Å². The van der Waals surface area contributed by atoms with Crippen LogP contribution in [0.5, 0.6) is 0 Å². The van der Waals surface area contributed by atoms with Crippen molar-refractivity contribution in [3.05, 3.63) is 0 Å². The molecule has 0 aromatic rings. The Morgan fingerprint density at radius 2 is 1.95 bits per heavy atom. The number of methoxy groups -OCH3 is 1. The van der Waals surface area contributed by atoms with E-state index in [4.69, 9.17) is 4.74 Å². The number of hydrogen-bond acceptors (Lipinski definition) is 2. The normalized spacial score (nSPS) is 28.1. The standard InChI is InChI=1S/C18H37NO/c1-7-12-19-17-9-8-15(14(2)3)13-16(17)10-11-18(4,5)20-6/h14-17,19H,7-13H2,1-6H3. The van der Waals surface area contributed by atoms with Gasteiger partial charge in [-0.2, -0.15) is 0 Å². The summed E-state index contributed by atoms with van der Waals surface area (Å²) in [5, 5.41) is 3.79. The van der Waals surface area contributed by atoms with Crippen LogP contribution in [0.2, 0.25) is 0 Å². The van der Waals surface area contributed by atoms with Crippen molar-refractivity contribution in [2.24, 2.45) is 17.8 Å². The molecule has 0 aliphatic heterocycles.